The summed E-state index contributed by atoms with van der Waals surface area (Å²) in [6.45, 7) is 2.97. The Morgan fingerprint density at radius 1 is 0.884 bits per heavy atom. The number of H-pyrrole nitrogens is 1. The van der Waals surface area contributed by atoms with Gasteiger partial charge in [0.05, 0.1) is 24.6 Å². The normalized spacial score (nSPS) is 11.0. The van der Waals surface area contributed by atoms with Gasteiger partial charge in [0.1, 0.15) is 11.5 Å². The molecule has 0 bridgehead atoms. The number of imidazole rings is 1. The van der Waals surface area contributed by atoms with Crippen LogP contribution in [0.4, 0.5) is 0 Å². The van der Waals surface area contributed by atoms with Gasteiger partial charge in [0, 0.05) is 30.9 Å². The Kier molecular flexibility index (Phi) is 8.35. The molecule has 0 saturated carbocycles. The molecule has 0 radical (unpaired) electrons. The highest BCUT2D eigenvalue weighted by molar-refractivity contribution is 5.92. The van der Waals surface area contributed by atoms with E-state index in [-0.39, 0.29) is 5.91 Å². The van der Waals surface area contributed by atoms with Gasteiger partial charge in [0.2, 0.25) is 5.82 Å². The minimum Gasteiger partial charge on any atom is -0.345 e. The summed E-state index contributed by atoms with van der Waals surface area (Å²) in [6.07, 6.45) is 9.36. The van der Waals surface area contributed by atoms with E-state index in [9.17, 15) is 4.79 Å². The second kappa shape index (κ2) is 13.0. The second-order valence-electron chi connectivity index (χ2n) is 10.2. The molecule has 0 aliphatic heterocycles. The van der Waals surface area contributed by atoms with Crippen LogP contribution in [0.15, 0.2) is 97.6 Å². The van der Waals surface area contributed by atoms with Crippen molar-refractivity contribution < 1.29 is 4.79 Å². The number of aromatic amines is 1. The van der Waals surface area contributed by atoms with Crippen LogP contribution in [0.3, 0.4) is 0 Å². The molecule has 3 aromatic carbocycles. The number of carbonyl (C=O) groups is 1. The molecule has 0 atom stereocenters. The van der Waals surface area contributed by atoms with Gasteiger partial charge in [-0.15, -0.1) is 10.2 Å². The molecular formula is C33H31N9O. The predicted octanol–water partition coefficient (Wildman–Crippen LogP) is 5.51. The van der Waals surface area contributed by atoms with Crippen molar-refractivity contribution in [2.75, 3.05) is 0 Å². The van der Waals surface area contributed by atoms with Gasteiger partial charge in [0.15, 0.2) is 0 Å². The molecule has 3 heterocycles. The van der Waals surface area contributed by atoms with Crippen molar-refractivity contribution in [1.82, 2.24) is 45.5 Å². The lowest BCUT2D eigenvalue weighted by molar-refractivity contribution is 0.0941. The molecule has 0 fully saturated rings. The zero-order valence-corrected chi connectivity index (χ0v) is 23.8. The number of nitrogens with one attached hydrogen (secondary N) is 2. The van der Waals surface area contributed by atoms with Gasteiger partial charge in [-0.3, -0.25) is 14.8 Å². The highest BCUT2D eigenvalue weighted by atomic mass is 16.2. The number of tetrazole rings is 1. The van der Waals surface area contributed by atoms with Crippen LogP contribution in [0.5, 0.6) is 0 Å². The summed E-state index contributed by atoms with van der Waals surface area (Å²) in [6, 6.07) is 24.9. The molecule has 10 heteroatoms. The van der Waals surface area contributed by atoms with Crippen LogP contribution < -0.4 is 5.32 Å². The minimum absolute atomic E-state index is 0.194. The van der Waals surface area contributed by atoms with Crippen molar-refractivity contribution in [2.24, 2.45) is 0 Å². The molecule has 6 rings (SSSR count). The number of carbonyl (C=O) groups excluding carboxylic acids is 1. The van der Waals surface area contributed by atoms with E-state index in [4.69, 9.17) is 0 Å². The lowest BCUT2D eigenvalue weighted by Crippen LogP contribution is -2.26. The third-order valence-corrected chi connectivity index (χ3v) is 7.29. The second-order valence-corrected chi connectivity index (χ2v) is 10.2. The summed E-state index contributed by atoms with van der Waals surface area (Å²) >= 11 is 0. The van der Waals surface area contributed by atoms with Crippen LogP contribution in [0.1, 0.15) is 47.3 Å². The number of amides is 1. The number of benzene rings is 3. The Bertz CT molecular complexity index is 1780. The fourth-order valence-corrected chi connectivity index (χ4v) is 5.03. The van der Waals surface area contributed by atoms with Crippen molar-refractivity contribution >= 4 is 5.91 Å². The maximum Gasteiger partial charge on any atom is 0.269 e. The monoisotopic (exact) mass is 569 g/mol. The summed E-state index contributed by atoms with van der Waals surface area (Å²) in [7, 11) is 0. The molecular weight excluding hydrogens is 538 g/mol. The van der Waals surface area contributed by atoms with Crippen LogP contribution >= 0.6 is 0 Å². The standard InChI is InChI=1S/C33H31N9O/c1-2-3-9-31-36-21-30(33(43)37-20-27-19-34-16-17-35-27)42(31)22-23-10-12-25(13-11-23)29-18-26(24-7-5-4-6-8-24)14-15-28(29)32-38-40-41-39-32/h4-8,10-19,21H,2-3,9,20,22H2,1H3,(H,37,43)(H,38,39,40,41). The van der Waals surface area contributed by atoms with E-state index >= 15 is 0 Å². The van der Waals surface area contributed by atoms with Crippen molar-refractivity contribution in [3.05, 3.63) is 120 Å². The number of rotatable bonds is 11. The molecule has 0 unspecified atom stereocenters. The van der Waals surface area contributed by atoms with Gasteiger partial charge in [-0.1, -0.05) is 74.0 Å². The van der Waals surface area contributed by atoms with Gasteiger partial charge in [-0.25, -0.2) is 4.98 Å². The topological polar surface area (TPSA) is 127 Å². The van der Waals surface area contributed by atoms with Crippen molar-refractivity contribution in [3.8, 4) is 33.6 Å². The maximum absolute atomic E-state index is 13.2. The van der Waals surface area contributed by atoms with Gasteiger partial charge in [0.25, 0.3) is 5.91 Å². The number of nitrogens with zero attached hydrogens (tertiary/aromatic N) is 7. The highest BCUT2D eigenvalue weighted by Gasteiger charge is 2.18. The van der Waals surface area contributed by atoms with Gasteiger partial charge >= 0.3 is 0 Å². The van der Waals surface area contributed by atoms with E-state index in [0.29, 0.717) is 30.3 Å². The molecule has 0 aliphatic rings. The molecule has 0 spiro atoms. The Hall–Kier alpha value is -5.51. The van der Waals surface area contributed by atoms with Crippen LogP contribution in [0.25, 0.3) is 33.6 Å². The van der Waals surface area contributed by atoms with Crippen LogP contribution in [-0.2, 0) is 19.5 Å². The summed E-state index contributed by atoms with van der Waals surface area (Å²) < 4.78 is 2.01. The van der Waals surface area contributed by atoms with E-state index in [2.05, 4.69) is 96.3 Å². The summed E-state index contributed by atoms with van der Waals surface area (Å²) in [4.78, 5) is 26.2. The smallest absolute Gasteiger partial charge is 0.269 e. The van der Waals surface area contributed by atoms with Crippen LogP contribution in [0, 0.1) is 0 Å². The van der Waals surface area contributed by atoms with E-state index in [1.54, 1.807) is 24.8 Å². The predicted molar refractivity (Wildman–Crippen MR) is 164 cm³/mol. The Morgan fingerprint density at radius 2 is 1.72 bits per heavy atom. The van der Waals surface area contributed by atoms with Crippen molar-refractivity contribution in [2.45, 2.75) is 39.3 Å². The number of hydrogen-bond acceptors (Lipinski definition) is 7. The fraction of sp³-hybridized carbons (Fsp3) is 0.182. The van der Waals surface area contributed by atoms with Crippen molar-refractivity contribution in [3.63, 3.8) is 0 Å². The van der Waals surface area contributed by atoms with Gasteiger partial charge < -0.3 is 9.88 Å². The lowest BCUT2D eigenvalue weighted by atomic mass is 9.93. The molecule has 0 saturated heterocycles. The molecule has 3 aromatic heterocycles. The largest absolute Gasteiger partial charge is 0.345 e. The molecule has 10 nitrogen and oxygen atoms in total. The zero-order chi connectivity index (χ0) is 29.4. The number of hydrogen-bond donors (Lipinski definition) is 2. The Labute approximate surface area is 249 Å². The summed E-state index contributed by atoms with van der Waals surface area (Å²) in [5.41, 5.74) is 7.43. The molecule has 1 amide bonds. The van der Waals surface area contributed by atoms with Gasteiger partial charge in [-0.2, -0.15) is 5.21 Å². The van der Waals surface area contributed by atoms with E-state index in [0.717, 1.165) is 58.5 Å². The minimum atomic E-state index is -0.194. The summed E-state index contributed by atoms with van der Waals surface area (Å²) in [5.74, 6) is 1.24. The van der Waals surface area contributed by atoms with Gasteiger partial charge in [-0.05, 0) is 51.6 Å². The van der Waals surface area contributed by atoms with Crippen molar-refractivity contribution in [1.29, 1.82) is 0 Å². The zero-order valence-electron chi connectivity index (χ0n) is 23.8. The molecule has 6 aromatic rings. The fourth-order valence-electron chi connectivity index (χ4n) is 5.03. The molecule has 0 aliphatic carbocycles. The number of aromatic nitrogens is 8. The highest BCUT2D eigenvalue weighted by Crippen LogP contribution is 2.34. The van der Waals surface area contributed by atoms with E-state index < -0.39 is 0 Å². The third-order valence-electron chi connectivity index (χ3n) is 7.29. The SMILES string of the molecule is CCCCc1ncc(C(=O)NCc2cnccn2)n1Cc1ccc(-c2cc(-c3ccccc3)ccc2-c2nn[nH]n2)cc1. The average Bonchev–Trinajstić information content (AvgIpc) is 3.74. The maximum atomic E-state index is 13.2. The number of aryl methyl sites for hydroxylation is 1. The first-order valence-corrected chi connectivity index (χ1v) is 14.3. The number of unbranched alkanes of at least 4 members (excludes halogenated alkanes) is 1. The molecule has 214 valence electrons. The quantitative estimate of drug-likeness (QED) is 0.211. The van der Waals surface area contributed by atoms with E-state index in [1.165, 1.54) is 0 Å². The molecule has 43 heavy (non-hydrogen) atoms. The summed E-state index contributed by atoms with van der Waals surface area (Å²) in [5, 5.41) is 17.8. The lowest BCUT2D eigenvalue weighted by Gasteiger charge is -2.14. The van der Waals surface area contributed by atoms with Crippen LogP contribution in [-0.4, -0.2) is 46.1 Å². The Morgan fingerprint density at radius 3 is 2.47 bits per heavy atom. The first-order valence-electron chi connectivity index (χ1n) is 14.3. The molecule has 2 N–H and O–H groups in total. The Balaban J connectivity index is 1.28. The third kappa shape index (κ3) is 6.38. The first-order chi connectivity index (χ1) is 21.2. The average molecular weight is 570 g/mol. The first kappa shape index (κ1) is 27.6. The van der Waals surface area contributed by atoms with Crippen LogP contribution in [0.2, 0.25) is 0 Å². The van der Waals surface area contributed by atoms with E-state index in [1.807, 2.05) is 28.8 Å².